The van der Waals surface area contributed by atoms with Crippen molar-refractivity contribution in [2.24, 2.45) is 11.7 Å². The summed E-state index contributed by atoms with van der Waals surface area (Å²) in [7, 11) is 0. The monoisotopic (exact) mass is 196 g/mol. The molecule has 2 rings (SSSR count). The first-order valence-electron chi connectivity index (χ1n) is 4.88. The maximum atomic E-state index is 5.61. The molecule has 1 aromatic rings. The molecule has 72 valence electrons. The molecule has 1 saturated carbocycles. The lowest BCUT2D eigenvalue weighted by Crippen LogP contribution is -2.01. The molecule has 13 heavy (non-hydrogen) atoms. The summed E-state index contributed by atoms with van der Waals surface area (Å²) >= 11 is 1.86. The van der Waals surface area contributed by atoms with Crippen molar-refractivity contribution in [1.29, 1.82) is 0 Å². The second-order valence-corrected chi connectivity index (χ2v) is 5.19. The van der Waals surface area contributed by atoms with Gasteiger partial charge in [0.1, 0.15) is 0 Å². The van der Waals surface area contributed by atoms with Gasteiger partial charge in [0.05, 0.1) is 5.01 Å². The van der Waals surface area contributed by atoms with Gasteiger partial charge in [-0.05, 0) is 24.8 Å². The summed E-state index contributed by atoms with van der Waals surface area (Å²) in [5.41, 5.74) is 5.61. The minimum Gasteiger partial charge on any atom is -0.330 e. The molecule has 1 heterocycles. The highest BCUT2D eigenvalue weighted by Gasteiger charge is 2.38. The number of nitrogens with two attached hydrogens (primary N) is 1. The van der Waals surface area contributed by atoms with Crippen LogP contribution in [0.3, 0.4) is 0 Å². The molecule has 1 aliphatic rings. The number of hydrogen-bond acceptors (Lipinski definition) is 3. The summed E-state index contributed by atoms with van der Waals surface area (Å²) in [5.74, 6) is 2.03. The van der Waals surface area contributed by atoms with E-state index < -0.39 is 0 Å². The largest absolute Gasteiger partial charge is 0.330 e. The van der Waals surface area contributed by atoms with E-state index in [4.69, 9.17) is 5.73 Å². The van der Waals surface area contributed by atoms with Crippen LogP contribution in [0.25, 0.3) is 0 Å². The van der Waals surface area contributed by atoms with E-state index in [-0.39, 0.29) is 0 Å². The Kier molecular flexibility index (Phi) is 2.39. The van der Waals surface area contributed by atoms with Crippen molar-refractivity contribution < 1.29 is 0 Å². The molecule has 2 nitrogen and oxygen atoms in total. The SMILES string of the molecule is CC(C)c1ncc(C2CC2CN)s1. The molecule has 0 radical (unpaired) electrons. The van der Waals surface area contributed by atoms with E-state index in [2.05, 4.69) is 18.8 Å². The van der Waals surface area contributed by atoms with Crippen LogP contribution in [-0.4, -0.2) is 11.5 Å². The predicted molar refractivity (Wildman–Crippen MR) is 56.1 cm³/mol. The number of nitrogens with zero attached hydrogens (tertiary/aromatic N) is 1. The van der Waals surface area contributed by atoms with E-state index in [0.29, 0.717) is 5.92 Å². The number of rotatable bonds is 3. The zero-order chi connectivity index (χ0) is 9.42. The second-order valence-electron chi connectivity index (χ2n) is 4.09. The quantitative estimate of drug-likeness (QED) is 0.806. The average molecular weight is 196 g/mol. The topological polar surface area (TPSA) is 38.9 Å². The standard InChI is InChI=1S/C10H16N2S/c1-6(2)10-12-5-9(13-10)8-3-7(8)4-11/h5-8H,3-4,11H2,1-2H3. The second kappa shape index (κ2) is 3.39. The highest BCUT2D eigenvalue weighted by molar-refractivity contribution is 7.11. The number of hydrogen-bond donors (Lipinski definition) is 1. The van der Waals surface area contributed by atoms with Gasteiger partial charge in [0.15, 0.2) is 0 Å². The van der Waals surface area contributed by atoms with Gasteiger partial charge < -0.3 is 5.73 Å². The van der Waals surface area contributed by atoms with Crippen molar-refractivity contribution in [2.45, 2.75) is 32.1 Å². The van der Waals surface area contributed by atoms with Gasteiger partial charge >= 0.3 is 0 Å². The van der Waals surface area contributed by atoms with Crippen LogP contribution in [0.2, 0.25) is 0 Å². The summed E-state index contributed by atoms with van der Waals surface area (Å²) in [4.78, 5) is 5.87. The lowest BCUT2D eigenvalue weighted by molar-refractivity contribution is 0.814. The molecule has 2 N–H and O–H groups in total. The summed E-state index contributed by atoms with van der Waals surface area (Å²) < 4.78 is 0. The summed E-state index contributed by atoms with van der Waals surface area (Å²) in [6.45, 7) is 5.21. The van der Waals surface area contributed by atoms with Gasteiger partial charge in [0.2, 0.25) is 0 Å². The van der Waals surface area contributed by atoms with Crippen molar-refractivity contribution in [3.8, 4) is 0 Å². The maximum Gasteiger partial charge on any atom is 0.0953 e. The normalized spacial score (nSPS) is 26.8. The minimum absolute atomic E-state index is 0.564. The molecule has 0 aromatic carbocycles. The van der Waals surface area contributed by atoms with Crippen LogP contribution in [0.15, 0.2) is 6.20 Å². The Morgan fingerprint density at radius 3 is 2.92 bits per heavy atom. The zero-order valence-electron chi connectivity index (χ0n) is 8.16. The Morgan fingerprint density at radius 2 is 2.46 bits per heavy atom. The lowest BCUT2D eigenvalue weighted by Gasteiger charge is -1.95. The minimum atomic E-state index is 0.564. The van der Waals surface area contributed by atoms with E-state index in [0.717, 1.165) is 18.4 Å². The van der Waals surface area contributed by atoms with E-state index in [1.54, 1.807) is 0 Å². The number of thiazole rings is 1. The average Bonchev–Trinajstić information content (AvgIpc) is 2.73. The fraction of sp³-hybridized carbons (Fsp3) is 0.700. The molecule has 1 aliphatic carbocycles. The van der Waals surface area contributed by atoms with Crippen LogP contribution in [-0.2, 0) is 0 Å². The molecule has 2 atom stereocenters. The molecule has 1 fully saturated rings. The van der Waals surface area contributed by atoms with E-state index in [9.17, 15) is 0 Å². The molecule has 0 amide bonds. The Balaban J connectivity index is 2.07. The third-order valence-corrected chi connectivity index (χ3v) is 4.06. The van der Waals surface area contributed by atoms with Gasteiger partial charge in [-0.2, -0.15) is 0 Å². The van der Waals surface area contributed by atoms with Gasteiger partial charge in [-0.25, -0.2) is 4.98 Å². The predicted octanol–water partition coefficient (Wildman–Crippen LogP) is 2.33. The molecular weight excluding hydrogens is 180 g/mol. The summed E-state index contributed by atoms with van der Waals surface area (Å²) in [5, 5.41) is 1.26. The summed E-state index contributed by atoms with van der Waals surface area (Å²) in [6, 6.07) is 0. The Labute approximate surface area is 83.2 Å². The van der Waals surface area contributed by atoms with Gasteiger partial charge in [-0.15, -0.1) is 11.3 Å². The number of aromatic nitrogens is 1. The third-order valence-electron chi connectivity index (χ3n) is 2.63. The third kappa shape index (κ3) is 1.76. The Bertz CT molecular complexity index is 293. The molecule has 0 aliphatic heterocycles. The first-order valence-corrected chi connectivity index (χ1v) is 5.69. The molecule has 1 aromatic heterocycles. The first-order chi connectivity index (χ1) is 6.22. The van der Waals surface area contributed by atoms with Crippen molar-refractivity contribution in [3.63, 3.8) is 0 Å². The lowest BCUT2D eigenvalue weighted by atomic mass is 10.2. The van der Waals surface area contributed by atoms with Crippen molar-refractivity contribution in [2.75, 3.05) is 6.54 Å². The molecule has 0 bridgehead atoms. The Hall–Kier alpha value is -0.410. The fourth-order valence-corrected chi connectivity index (χ4v) is 2.72. The van der Waals surface area contributed by atoms with Gasteiger partial charge in [0.25, 0.3) is 0 Å². The summed E-state index contributed by atoms with van der Waals surface area (Å²) in [6.07, 6.45) is 3.32. The highest BCUT2D eigenvalue weighted by Crippen LogP contribution is 2.48. The van der Waals surface area contributed by atoms with Crippen LogP contribution in [0.4, 0.5) is 0 Å². The first kappa shape index (κ1) is 9.16. The fourth-order valence-electron chi connectivity index (χ4n) is 1.60. The molecule has 2 unspecified atom stereocenters. The van der Waals surface area contributed by atoms with Crippen LogP contribution in [0.1, 0.15) is 42.0 Å². The Morgan fingerprint density at radius 1 is 1.69 bits per heavy atom. The highest BCUT2D eigenvalue weighted by atomic mass is 32.1. The van der Waals surface area contributed by atoms with E-state index in [1.165, 1.54) is 16.3 Å². The van der Waals surface area contributed by atoms with Gasteiger partial charge in [-0.3, -0.25) is 0 Å². The van der Waals surface area contributed by atoms with Crippen LogP contribution in [0.5, 0.6) is 0 Å². The molecule has 3 heteroatoms. The maximum absolute atomic E-state index is 5.61. The van der Waals surface area contributed by atoms with Gasteiger partial charge in [-0.1, -0.05) is 13.8 Å². The van der Waals surface area contributed by atoms with Gasteiger partial charge in [0, 0.05) is 17.0 Å². The molecule has 0 saturated heterocycles. The van der Waals surface area contributed by atoms with Crippen LogP contribution in [0, 0.1) is 5.92 Å². The van der Waals surface area contributed by atoms with Crippen molar-refractivity contribution >= 4 is 11.3 Å². The smallest absolute Gasteiger partial charge is 0.0953 e. The zero-order valence-corrected chi connectivity index (χ0v) is 8.97. The van der Waals surface area contributed by atoms with Crippen molar-refractivity contribution in [3.05, 3.63) is 16.1 Å². The van der Waals surface area contributed by atoms with Crippen LogP contribution >= 0.6 is 11.3 Å². The van der Waals surface area contributed by atoms with E-state index in [1.807, 2.05) is 17.5 Å². The van der Waals surface area contributed by atoms with Crippen LogP contribution < -0.4 is 5.73 Å². The van der Waals surface area contributed by atoms with E-state index >= 15 is 0 Å². The van der Waals surface area contributed by atoms with Crippen molar-refractivity contribution in [1.82, 2.24) is 4.98 Å². The molecule has 0 spiro atoms. The molecular formula is C10H16N2S.